The molecule has 0 aliphatic carbocycles. The number of ether oxygens (including phenoxy) is 1. The molecule has 2 atom stereocenters. The molecule has 0 aliphatic heterocycles. The predicted molar refractivity (Wildman–Crippen MR) is 53.6 cm³/mol. The van der Waals surface area contributed by atoms with Gasteiger partial charge >= 0.3 is 5.97 Å². The van der Waals surface area contributed by atoms with Crippen LogP contribution in [-0.4, -0.2) is 35.1 Å². The molecule has 0 bridgehead atoms. The maximum atomic E-state index is 11.1. The van der Waals surface area contributed by atoms with Gasteiger partial charge in [0.1, 0.15) is 6.04 Å². The molecule has 3 N–H and O–H groups in total. The fraction of sp³-hybridized carbons (Fsp3) is 0.857. The van der Waals surface area contributed by atoms with Crippen LogP contribution in [-0.2, 0) is 20.5 Å². The van der Waals surface area contributed by atoms with Crippen molar-refractivity contribution in [3.63, 3.8) is 0 Å². The first kappa shape index (κ1) is 15.0. The number of hydrogen-bond donors (Lipinski definition) is 1. The highest BCUT2D eigenvalue weighted by Gasteiger charge is 2.23. The fourth-order valence-electron chi connectivity index (χ4n) is 0.762. The number of rotatable bonds is 4. The van der Waals surface area contributed by atoms with Gasteiger partial charge in [-0.05, 0) is 5.92 Å². The monoisotopic (exact) mass is 213 g/mol. The lowest BCUT2D eigenvalue weighted by Gasteiger charge is -2.17. The first-order chi connectivity index (χ1) is 5.49. The molecule has 1 unspecified atom stereocenters. The number of carbonyl (C=O) groups excluding carboxylic acids is 1. The summed E-state index contributed by atoms with van der Waals surface area (Å²) in [6.45, 7) is 3.73. The molecule has 0 aromatic carbocycles. The third-order valence-electron chi connectivity index (χ3n) is 1.41. The molecular weight excluding hydrogens is 194 g/mol. The summed E-state index contributed by atoms with van der Waals surface area (Å²) in [6.07, 6.45) is 1.48. The molecule has 6 heteroatoms. The molecule has 0 saturated carbocycles. The molecule has 0 radical (unpaired) electrons. The Hall–Kier alpha value is -0.460. The quantitative estimate of drug-likeness (QED) is 0.638. The van der Waals surface area contributed by atoms with Gasteiger partial charge in [0.2, 0.25) is 0 Å². The summed E-state index contributed by atoms with van der Waals surface area (Å²) < 4.78 is 17.9. The summed E-state index contributed by atoms with van der Waals surface area (Å²) in [4.78, 5) is 11.1. The van der Waals surface area contributed by atoms with E-state index < -0.39 is 17.0 Å². The van der Waals surface area contributed by atoms with Crippen molar-refractivity contribution in [1.29, 1.82) is 0 Å². The van der Waals surface area contributed by atoms with Gasteiger partial charge in [-0.25, -0.2) is 8.93 Å². The zero-order chi connectivity index (χ0) is 9.72. The van der Waals surface area contributed by atoms with E-state index >= 15 is 0 Å². The van der Waals surface area contributed by atoms with E-state index in [0.29, 0.717) is 0 Å². The first-order valence-corrected chi connectivity index (χ1v) is 5.22. The van der Waals surface area contributed by atoms with Crippen LogP contribution in [0.5, 0.6) is 0 Å². The second-order valence-corrected chi connectivity index (χ2v) is 3.96. The lowest BCUT2D eigenvalue weighted by molar-refractivity contribution is -0.143. The average molecular weight is 213 g/mol. The van der Waals surface area contributed by atoms with E-state index in [1.807, 2.05) is 13.8 Å². The standard InChI is InChI=1S/C7H15NO3S.H2O.H2/c1-5(2)6(7(9)11-3)8-12(4)10;;/h5-6,8H,1-4H3;1H2;1H/t6-,12?;;/m1../s1. The van der Waals surface area contributed by atoms with Crippen LogP contribution in [0.3, 0.4) is 0 Å². The zero-order valence-electron chi connectivity index (χ0n) is 8.29. The van der Waals surface area contributed by atoms with E-state index in [1.54, 1.807) is 0 Å². The molecule has 82 valence electrons. The minimum Gasteiger partial charge on any atom is -0.468 e. The van der Waals surface area contributed by atoms with Gasteiger partial charge in [0, 0.05) is 7.68 Å². The Bertz CT molecular complexity index is 189. The Morgan fingerprint density at radius 1 is 1.54 bits per heavy atom. The third kappa shape index (κ3) is 5.73. The lowest BCUT2D eigenvalue weighted by Crippen LogP contribution is -2.42. The van der Waals surface area contributed by atoms with Gasteiger partial charge in [-0.1, -0.05) is 13.8 Å². The van der Waals surface area contributed by atoms with Crippen molar-refractivity contribution in [3.8, 4) is 0 Å². The van der Waals surface area contributed by atoms with E-state index in [4.69, 9.17) is 0 Å². The van der Waals surface area contributed by atoms with Crippen LogP contribution in [0.25, 0.3) is 0 Å². The van der Waals surface area contributed by atoms with Gasteiger partial charge < -0.3 is 10.2 Å². The van der Waals surface area contributed by atoms with E-state index in [9.17, 15) is 9.00 Å². The van der Waals surface area contributed by atoms with Crippen LogP contribution in [0, 0.1) is 5.92 Å². The zero-order valence-corrected chi connectivity index (χ0v) is 9.10. The molecule has 0 amide bonds. The van der Waals surface area contributed by atoms with Crippen LogP contribution in [0.1, 0.15) is 15.3 Å². The minimum atomic E-state index is -1.19. The highest BCUT2D eigenvalue weighted by atomic mass is 32.2. The van der Waals surface area contributed by atoms with Crippen molar-refractivity contribution >= 4 is 17.0 Å². The lowest BCUT2D eigenvalue weighted by atomic mass is 10.1. The Morgan fingerprint density at radius 2 is 2.00 bits per heavy atom. The summed E-state index contributed by atoms with van der Waals surface area (Å²) in [7, 11) is 0.128. The third-order valence-corrected chi connectivity index (χ3v) is 2.00. The van der Waals surface area contributed by atoms with Crippen LogP contribution >= 0.6 is 0 Å². The molecule has 0 spiro atoms. The summed E-state index contributed by atoms with van der Waals surface area (Å²) in [5, 5.41) is 0. The molecule has 0 aliphatic rings. The molecule has 13 heavy (non-hydrogen) atoms. The predicted octanol–water partition coefficient (Wildman–Crippen LogP) is -0.512. The first-order valence-electron chi connectivity index (χ1n) is 3.66. The Morgan fingerprint density at radius 3 is 2.23 bits per heavy atom. The van der Waals surface area contributed by atoms with Crippen LogP contribution in [0.15, 0.2) is 0 Å². The van der Waals surface area contributed by atoms with Gasteiger partial charge in [-0.15, -0.1) is 0 Å². The molecular formula is C7H19NO4S. The Kier molecular flexibility index (Phi) is 8.09. The van der Waals surface area contributed by atoms with Gasteiger partial charge in [0.05, 0.1) is 18.1 Å². The smallest absolute Gasteiger partial charge is 0.324 e. The van der Waals surface area contributed by atoms with Gasteiger partial charge in [-0.2, -0.15) is 0 Å². The van der Waals surface area contributed by atoms with Gasteiger partial charge in [0.25, 0.3) is 0 Å². The normalized spacial score (nSPS) is 14.5. The van der Waals surface area contributed by atoms with E-state index in [0.717, 1.165) is 0 Å². The summed E-state index contributed by atoms with van der Waals surface area (Å²) in [5.41, 5.74) is 0. The van der Waals surface area contributed by atoms with E-state index in [2.05, 4.69) is 9.46 Å². The maximum Gasteiger partial charge on any atom is 0.324 e. The van der Waals surface area contributed by atoms with E-state index in [1.165, 1.54) is 13.4 Å². The van der Waals surface area contributed by atoms with Crippen molar-refractivity contribution in [2.45, 2.75) is 19.9 Å². The van der Waals surface area contributed by atoms with Crippen LogP contribution in [0.2, 0.25) is 0 Å². The van der Waals surface area contributed by atoms with Crippen LogP contribution < -0.4 is 4.72 Å². The topological polar surface area (TPSA) is 86.9 Å². The molecule has 0 fully saturated rings. The number of esters is 1. The Balaban J connectivity index is -0.000000605. The SMILES string of the molecule is COC(=O)[C@H](NS(C)=O)C(C)C.O.[HH]. The Labute approximate surface area is 82.2 Å². The van der Waals surface area contributed by atoms with E-state index in [-0.39, 0.29) is 18.8 Å². The summed E-state index contributed by atoms with van der Waals surface area (Å²) in [5.74, 6) is -0.304. The average Bonchev–Trinajstić information content (AvgIpc) is 1.98. The minimum absolute atomic E-state index is 0. The fourth-order valence-corrected chi connectivity index (χ4v) is 1.49. The highest BCUT2D eigenvalue weighted by molar-refractivity contribution is 7.82. The number of methoxy groups -OCH3 is 1. The summed E-state index contributed by atoms with van der Waals surface area (Å²) >= 11 is 0. The van der Waals surface area contributed by atoms with Gasteiger partial charge in [-0.3, -0.25) is 4.79 Å². The number of hydrogen-bond acceptors (Lipinski definition) is 3. The summed E-state index contributed by atoms with van der Waals surface area (Å²) in [6, 6.07) is -0.485. The van der Waals surface area contributed by atoms with Crippen molar-refractivity contribution in [3.05, 3.63) is 0 Å². The van der Waals surface area contributed by atoms with Crippen molar-refractivity contribution in [2.24, 2.45) is 5.92 Å². The molecule has 0 heterocycles. The molecule has 5 nitrogen and oxygen atoms in total. The largest absolute Gasteiger partial charge is 0.468 e. The highest BCUT2D eigenvalue weighted by Crippen LogP contribution is 2.03. The number of nitrogens with one attached hydrogen (secondary N) is 1. The molecule has 0 saturated heterocycles. The molecule has 0 rings (SSSR count). The van der Waals surface area contributed by atoms with Gasteiger partial charge in [0.15, 0.2) is 0 Å². The van der Waals surface area contributed by atoms with Crippen LogP contribution in [0.4, 0.5) is 0 Å². The second-order valence-electron chi connectivity index (χ2n) is 2.82. The molecule has 0 aromatic rings. The maximum absolute atomic E-state index is 11.1. The van der Waals surface area contributed by atoms with Crippen molar-refractivity contribution in [2.75, 3.05) is 13.4 Å². The molecule has 0 aromatic heterocycles. The van der Waals surface area contributed by atoms with Crippen molar-refractivity contribution < 1.29 is 20.6 Å². The second kappa shape index (κ2) is 6.99. The van der Waals surface area contributed by atoms with Crippen molar-refractivity contribution in [1.82, 2.24) is 4.72 Å². The number of carbonyl (C=O) groups is 1.